The molecule has 5 rings (SSSR count). The molecule has 0 aliphatic carbocycles. The van der Waals surface area contributed by atoms with Crippen molar-refractivity contribution in [2.75, 3.05) is 13.2 Å². The van der Waals surface area contributed by atoms with Crippen LogP contribution in [-0.4, -0.2) is 90.7 Å². The predicted molar refractivity (Wildman–Crippen MR) is 169 cm³/mol. The van der Waals surface area contributed by atoms with Crippen molar-refractivity contribution in [3.05, 3.63) is 108 Å². The van der Waals surface area contributed by atoms with E-state index in [2.05, 4.69) is 0 Å². The highest BCUT2D eigenvalue weighted by atomic mass is 16.8. The van der Waals surface area contributed by atoms with Crippen LogP contribution in [0.3, 0.4) is 0 Å². The molecule has 3 aromatic rings. The second-order valence-electron chi connectivity index (χ2n) is 11.6. The Balaban J connectivity index is 1.40. The van der Waals surface area contributed by atoms with Crippen LogP contribution in [0.4, 0.5) is 0 Å². The molecule has 1 unspecified atom stereocenters. The number of carbonyl (C=O) groups excluding carboxylic acids is 2. The third-order valence-corrected chi connectivity index (χ3v) is 7.87. The third kappa shape index (κ3) is 9.91. The molecular weight excluding hydrogens is 624 g/mol. The number of rotatable bonds is 15. The zero-order valence-corrected chi connectivity index (χ0v) is 26.9. The molecule has 0 aromatic heterocycles. The van der Waals surface area contributed by atoms with Gasteiger partial charge in [0.25, 0.3) is 0 Å². The summed E-state index contributed by atoms with van der Waals surface area (Å²) in [5, 5.41) is 21.4. The monoisotopic (exact) mass is 666 g/mol. The van der Waals surface area contributed by atoms with Gasteiger partial charge in [0.15, 0.2) is 24.8 Å². The average molecular weight is 667 g/mol. The SMILES string of the molecule is CC(=O)O[C@@H]1[C@@H](OCc2ccccc2)[C@@H](O[C@@H]2[C@@H](COCc3ccccc3)OC(O)[C@@H]2O)O[C@H](COCc2ccccc2)[C@H]1OC(C)=O. The second-order valence-corrected chi connectivity index (χ2v) is 11.6. The van der Waals surface area contributed by atoms with Gasteiger partial charge < -0.3 is 48.1 Å². The molecule has 0 saturated carbocycles. The molecule has 9 atom stereocenters. The highest BCUT2D eigenvalue weighted by Crippen LogP contribution is 2.34. The van der Waals surface area contributed by atoms with E-state index in [0.717, 1.165) is 16.7 Å². The van der Waals surface area contributed by atoms with Gasteiger partial charge in [-0.1, -0.05) is 91.0 Å². The topological polar surface area (TPSA) is 148 Å². The van der Waals surface area contributed by atoms with Crippen molar-refractivity contribution in [3.63, 3.8) is 0 Å². The lowest BCUT2D eigenvalue weighted by atomic mass is 9.97. The zero-order valence-electron chi connectivity index (χ0n) is 26.9. The fourth-order valence-corrected chi connectivity index (χ4v) is 5.64. The molecule has 2 aliphatic rings. The summed E-state index contributed by atoms with van der Waals surface area (Å²) in [6, 6.07) is 28.2. The van der Waals surface area contributed by atoms with E-state index in [0.29, 0.717) is 0 Å². The summed E-state index contributed by atoms with van der Waals surface area (Å²) in [6.07, 6.45) is -10.9. The molecule has 2 heterocycles. The lowest BCUT2D eigenvalue weighted by Crippen LogP contribution is -2.63. The number of ether oxygens (including phenoxy) is 8. The van der Waals surface area contributed by atoms with E-state index in [-0.39, 0.29) is 33.0 Å². The van der Waals surface area contributed by atoms with Crippen LogP contribution in [-0.2, 0) is 67.3 Å². The van der Waals surface area contributed by atoms with E-state index in [1.165, 1.54) is 13.8 Å². The van der Waals surface area contributed by atoms with Crippen LogP contribution in [0.25, 0.3) is 0 Å². The highest BCUT2D eigenvalue weighted by Gasteiger charge is 2.54. The molecule has 0 radical (unpaired) electrons. The number of carbonyl (C=O) groups is 2. The largest absolute Gasteiger partial charge is 0.456 e. The molecule has 2 fully saturated rings. The first kappa shape index (κ1) is 35.6. The van der Waals surface area contributed by atoms with Crippen molar-refractivity contribution in [3.8, 4) is 0 Å². The van der Waals surface area contributed by atoms with Gasteiger partial charge in [0.1, 0.15) is 30.5 Å². The minimum atomic E-state index is -1.56. The van der Waals surface area contributed by atoms with Crippen molar-refractivity contribution < 1.29 is 57.7 Å². The maximum Gasteiger partial charge on any atom is 0.303 e. The first-order chi connectivity index (χ1) is 23.3. The minimum absolute atomic E-state index is 0.0248. The fourth-order valence-electron chi connectivity index (χ4n) is 5.64. The Morgan fingerprint density at radius 3 is 1.56 bits per heavy atom. The van der Waals surface area contributed by atoms with E-state index in [9.17, 15) is 19.8 Å². The Kier molecular flexibility index (Phi) is 13.1. The lowest BCUT2D eigenvalue weighted by molar-refractivity contribution is -0.331. The summed E-state index contributed by atoms with van der Waals surface area (Å²) < 4.78 is 47.9. The lowest BCUT2D eigenvalue weighted by Gasteiger charge is -2.45. The van der Waals surface area contributed by atoms with Crippen LogP contribution in [0.15, 0.2) is 91.0 Å². The van der Waals surface area contributed by atoms with Gasteiger partial charge in [-0.2, -0.15) is 0 Å². The van der Waals surface area contributed by atoms with E-state index in [1.807, 2.05) is 91.0 Å². The second kappa shape index (κ2) is 17.6. The van der Waals surface area contributed by atoms with E-state index >= 15 is 0 Å². The number of esters is 2. The quantitative estimate of drug-likeness (QED) is 0.230. The molecule has 2 N–H and O–H groups in total. The Hall–Kier alpha value is -3.72. The Bertz CT molecular complexity index is 1410. The predicted octanol–water partition coefficient (Wildman–Crippen LogP) is 3.06. The van der Waals surface area contributed by atoms with Gasteiger partial charge >= 0.3 is 11.9 Å². The van der Waals surface area contributed by atoms with Gasteiger partial charge in [-0.15, -0.1) is 0 Å². The van der Waals surface area contributed by atoms with Gasteiger partial charge in [0, 0.05) is 13.8 Å². The van der Waals surface area contributed by atoms with Crippen LogP contribution < -0.4 is 0 Å². The van der Waals surface area contributed by atoms with Crippen molar-refractivity contribution in [2.45, 2.75) is 89.0 Å². The van der Waals surface area contributed by atoms with Crippen LogP contribution in [0.5, 0.6) is 0 Å². The first-order valence-corrected chi connectivity index (χ1v) is 15.8. The maximum absolute atomic E-state index is 12.5. The number of hydrogen-bond acceptors (Lipinski definition) is 12. The first-order valence-electron chi connectivity index (χ1n) is 15.8. The number of benzene rings is 3. The Labute approximate surface area is 279 Å². The van der Waals surface area contributed by atoms with Crippen LogP contribution in [0.2, 0.25) is 0 Å². The van der Waals surface area contributed by atoms with Crippen molar-refractivity contribution in [2.24, 2.45) is 0 Å². The minimum Gasteiger partial charge on any atom is -0.456 e. The molecule has 2 aliphatic heterocycles. The number of aliphatic hydroxyl groups excluding tert-OH is 2. The Morgan fingerprint density at radius 2 is 1.06 bits per heavy atom. The summed E-state index contributed by atoms with van der Waals surface area (Å²) in [4.78, 5) is 24.8. The zero-order chi connectivity index (χ0) is 33.9. The molecule has 258 valence electrons. The average Bonchev–Trinajstić information content (AvgIpc) is 3.34. The molecule has 0 amide bonds. The molecule has 3 aromatic carbocycles. The molecular formula is C36H42O12. The fraction of sp³-hybridized carbons (Fsp3) is 0.444. The summed E-state index contributed by atoms with van der Waals surface area (Å²) >= 11 is 0. The van der Waals surface area contributed by atoms with E-state index in [1.54, 1.807) is 0 Å². The van der Waals surface area contributed by atoms with Gasteiger partial charge in [-0.25, -0.2) is 0 Å². The summed E-state index contributed by atoms with van der Waals surface area (Å²) in [5.74, 6) is -1.28. The number of aliphatic hydroxyl groups is 2. The molecule has 2 saturated heterocycles. The van der Waals surface area contributed by atoms with E-state index in [4.69, 9.17) is 37.9 Å². The normalized spacial score (nSPS) is 28.5. The Morgan fingerprint density at radius 1 is 0.604 bits per heavy atom. The molecule has 0 bridgehead atoms. The molecule has 12 heteroatoms. The summed E-state index contributed by atoms with van der Waals surface area (Å²) in [6.45, 7) is 2.92. The van der Waals surface area contributed by atoms with Crippen molar-refractivity contribution in [1.29, 1.82) is 0 Å². The van der Waals surface area contributed by atoms with Crippen LogP contribution >= 0.6 is 0 Å². The van der Waals surface area contributed by atoms with Gasteiger partial charge in [0.05, 0.1) is 33.0 Å². The van der Waals surface area contributed by atoms with Gasteiger partial charge in [0.2, 0.25) is 0 Å². The van der Waals surface area contributed by atoms with Crippen molar-refractivity contribution >= 4 is 11.9 Å². The van der Waals surface area contributed by atoms with Gasteiger partial charge in [-0.05, 0) is 16.7 Å². The van der Waals surface area contributed by atoms with Gasteiger partial charge in [-0.3, -0.25) is 9.59 Å². The molecule has 0 spiro atoms. The maximum atomic E-state index is 12.5. The third-order valence-electron chi connectivity index (χ3n) is 7.87. The standard InChI is InChI=1S/C36H42O12/c1-23(37)44-32-29(22-42-19-26-14-8-4-9-15-26)47-36(34(33(32)45-24(2)38)43-20-27-16-10-5-11-17-27)48-31-28(46-35(40)30(31)39)21-41-18-25-12-6-3-7-13-25/h3-17,28-36,39-40H,18-22H2,1-2H3/t28-,29-,30-,31-,32-,33+,34-,35?,36-/m1/s1. The highest BCUT2D eigenvalue weighted by molar-refractivity contribution is 5.67. The summed E-state index contributed by atoms with van der Waals surface area (Å²) in [7, 11) is 0. The smallest absolute Gasteiger partial charge is 0.303 e. The van der Waals surface area contributed by atoms with E-state index < -0.39 is 67.2 Å². The van der Waals surface area contributed by atoms with Crippen LogP contribution in [0.1, 0.15) is 30.5 Å². The van der Waals surface area contributed by atoms with Crippen LogP contribution in [0, 0.1) is 0 Å². The van der Waals surface area contributed by atoms with Crippen molar-refractivity contribution in [1.82, 2.24) is 0 Å². The molecule has 12 nitrogen and oxygen atoms in total. The molecule has 48 heavy (non-hydrogen) atoms. The number of hydrogen-bond donors (Lipinski definition) is 2. The summed E-state index contributed by atoms with van der Waals surface area (Å²) in [5.41, 5.74) is 2.64.